The molecule has 3 aromatic rings. The number of allylic oxidation sites excluding steroid dienone is 1. The molecule has 2 aliphatic heterocycles. The number of halogens is 1. The summed E-state index contributed by atoms with van der Waals surface area (Å²) >= 11 is 0. The van der Waals surface area contributed by atoms with E-state index in [9.17, 15) is 27.2 Å². The number of carbonyl (C=O) groups excluding carboxylic acids is 4. The highest BCUT2D eigenvalue weighted by molar-refractivity contribution is 7.91. The predicted octanol–water partition coefficient (Wildman–Crippen LogP) is 6.27. The van der Waals surface area contributed by atoms with Gasteiger partial charge in [-0.1, -0.05) is 26.0 Å². The van der Waals surface area contributed by atoms with Gasteiger partial charge < -0.3 is 24.4 Å². The minimum atomic E-state index is -4.04. The number of sulfonamides is 1. The van der Waals surface area contributed by atoms with Crippen LogP contribution in [0.15, 0.2) is 60.7 Å². The molecule has 1 aromatic heterocycles. The van der Waals surface area contributed by atoms with E-state index in [1.165, 1.54) is 21.9 Å². The molecule has 62 heavy (non-hydrogen) atoms. The number of aromatic nitrogens is 1. The summed E-state index contributed by atoms with van der Waals surface area (Å²) in [5, 5.41) is 4.28. The van der Waals surface area contributed by atoms with Crippen LogP contribution in [0.3, 0.4) is 0 Å². The van der Waals surface area contributed by atoms with Gasteiger partial charge in [0.2, 0.25) is 27.7 Å². The summed E-state index contributed by atoms with van der Waals surface area (Å²) in [4.78, 5) is 65.5. The van der Waals surface area contributed by atoms with E-state index in [1.54, 1.807) is 45.3 Å². The second kappa shape index (κ2) is 16.1. The zero-order valence-corrected chi connectivity index (χ0v) is 36.9. The fraction of sp³-hybridized carbons (Fsp3) is 0.543. The number of nitrogens with zero attached hydrogens (tertiary/aromatic N) is 3. The van der Waals surface area contributed by atoms with Crippen molar-refractivity contribution in [3.63, 3.8) is 0 Å². The number of ether oxygens (including phenoxy) is 3. The highest BCUT2D eigenvalue weighted by Gasteiger charge is 2.63. The van der Waals surface area contributed by atoms with Crippen LogP contribution in [0.25, 0.3) is 22.0 Å². The lowest BCUT2D eigenvalue weighted by molar-refractivity contribution is -0.144. The van der Waals surface area contributed by atoms with Crippen molar-refractivity contribution in [1.82, 2.24) is 24.8 Å². The molecule has 1 saturated heterocycles. The molecular weight excluding hydrogens is 818 g/mol. The Morgan fingerprint density at radius 1 is 1.02 bits per heavy atom. The first-order valence-electron chi connectivity index (χ1n) is 21.6. The number of amides is 4. The van der Waals surface area contributed by atoms with Crippen LogP contribution in [0.1, 0.15) is 85.5 Å². The number of hydrogen-bond donors (Lipinski definition) is 2. The third-order valence-corrected chi connectivity index (χ3v) is 15.8. The number of fused-ring (bicyclic) bond motifs is 3. The van der Waals surface area contributed by atoms with Gasteiger partial charge in [-0.2, -0.15) is 0 Å². The maximum Gasteiger partial charge on any atom is 0.410 e. The topological polar surface area (TPSA) is 174 Å². The lowest BCUT2D eigenvalue weighted by atomic mass is 9.87. The SMILES string of the molecule is COc1ccc2c(O[C@@H]3C[C@H]4C(=O)N[C@]5(C(=O)NS(=O)(=O)C6(C)CC6)C[C@H]5/C=C\CC[C@H](C)C[C@@H](C)[C@H](N(C)C(=O)OC5(C)CC5)C(=O)N4C3)nc(-c3ccc(F)cc3)cc2c1. The summed E-state index contributed by atoms with van der Waals surface area (Å²) in [7, 11) is -0.932. The Morgan fingerprint density at radius 2 is 1.74 bits per heavy atom. The Morgan fingerprint density at radius 3 is 2.42 bits per heavy atom. The molecule has 3 aliphatic carbocycles. The average Bonchev–Trinajstić information content (AvgIpc) is 4.19. The lowest BCUT2D eigenvalue weighted by Crippen LogP contribution is -2.59. The second-order valence-electron chi connectivity index (χ2n) is 18.7. The van der Waals surface area contributed by atoms with Crippen LogP contribution in [0, 0.1) is 23.6 Å². The largest absolute Gasteiger partial charge is 0.497 e. The molecular formula is C46H56FN5O9S. The van der Waals surface area contributed by atoms with E-state index in [1.807, 2.05) is 38.1 Å². The van der Waals surface area contributed by atoms with Gasteiger partial charge >= 0.3 is 6.09 Å². The molecule has 2 aromatic carbocycles. The summed E-state index contributed by atoms with van der Waals surface area (Å²) in [5.41, 5.74) is -1.05. The smallest absolute Gasteiger partial charge is 0.410 e. The van der Waals surface area contributed by atoms with Gasteiger partial charge in [0, 0.05) is 30.3 Å². The Kier molecular flexibility index (Phi) is 11.3. The van der Waals surface area contributed by atoms with Crippen LogP contribution in [0.4, 0.5) is 9.18 Å². The van der Waals surface area contributed by atoms with Gasteiger partial charge in [0.05, 0.1) is 24.1 Å². The quantitative estimate of drug-likeness (QED) is 0.233. The monoisotopic (exact) mass is 873 g/mol. The van der Waals surface area contributed by atoms with Crippen LogP contribution in [0.5, 0.6) is 11.6 Å². The average molecular weight is 874 g/mol. The van der Waals surface area contributed by atoms with E-state index >= 15 is 4.79 Å². The van der Waals surface area contributed by atoms with Gasteiger partial charge in [0.15, 0.2) is 0 Å². The van der Waals surface area contributed by atoms with Gasteiger partial charge in [-0.3, -0.25) is 24.0 Å². The van der Waals surface area contributed by atoms with Crippen LogP contribution in [-0.2, 0) is 29.1 Å². The zero-order valence-electron chi connectivity index (χ0n) is 36.1. The van der Waals surface area contributed by atoms with Crippen molar-refractivity contribution in [1.29, 1.82) is 0 Å². The minimum absolute atomic E-state index is 0.0179. The van der Waals surface area contributed by atoms with Crippen molar-refractivity contribution in [2.24, 2.45) is 17.8 Å². The first kappa shape index (κ1) is 43.4. The standard InChI is InChI=1S/C46H56FN5O9S/c1-27-9-7-8-10-31-25-46(31,42(55)50-62(57,58)45(4)19-20-45)49-39(53)37-24-34(26-52(37)41(54)38(28(2)21-27)51(5)43(56)61-44(3)17-18-44)60-40-35-16-15-33(59-6)22-30(35)23-36(48-40)29-11-13-32(47)14-12-29/h8,10-16,22-23,27-28,31,34,37-38H,7,9,17-21,24-26H2,1-6H3,(H,49,53)(H,50,55)/b10-8-/t27-,28+,31+,34+,37-,38-,46+/m0/s1. The minimum Gasteiger partial charge on any atom is -0.497 e. The normalized spacial score (nSPS) is 29.4. The summed E-state index contributed by atoms with van der Waals surface area (Å²) < 4.78 is 59.9. The van der Waals surface area contributed by atoms with E-state index in [-0.39, 0.29) is 37.1 Å². The number of hydrogen-bond acceptors (Lipinski definition) is 10. The highest BCUT2D eigenvalue weighted by Crippen LogP contribution is 2.48. The van der Waals surface area contributed by atoms with Crippen molar-refractivity contribution in [3.8, 4) is 22.9 Å². The molecule has 3 heterocycles. The third kappa shape index (κ3) is 8.58. The van der Waals surface area contributed by atoms with Crippen molar-refractivity contribution in [2.75, 3.05) is 20.7 Å². The van der Waals surface area contributed by atoms with Crippen molar-refractivity contribution in [2.45, 2.75) is 120 Å². The molecule has 14 nitrogen and oxygen atoms in total. The third-order valence-electron chi connectivity index (χ3n) is 13.6. The number of rotatable bonds is 9. The number of likely N-dealkylation sites (N-methyl/N-ethyl adjacent to an activating group) is 1. The van der Waals surface area contributed by atoms with E-state index in [0.717, 1.165) is 11.8 Å². The predicted molar refractivity (Wildman–Crippen MR) is 229 cm³/mol. The summed E-state index contributed by atoms with van der Waals surface area (Å²) in [6, 6.07) is 10.9. The van der Waals surface area contributed by atoms with Gasteiger partial charge in [0.25, 0.3) is 5.91 Å². The second-order valence-corrected chi connectivity index (χ2v) is 20.9. The number of carbonyl (C=O) groups is 4. The Balaban J connectivity index is 1.17. The first-order chi connectivity index (χ1) is 29.3. The van der Waals surface area contributed by atoms with Gasteiger partial charge in [-0.05, 0) is 131 Å². The Bertz CT molecular complexity index is 2420. The first-order valence-corrected chi connectivity index (χ1v) is 23.1. The van der Waals surface area contributed by atoms with Crippen molar-refractivity contribution < 1.29 is 46.2 Å². The zero-order chi connectivity index (χ0) is 44.4. The molecule has 2 N–H and O–H groups in total. The maximum atomic E-state index is 15.2. The highest BCUT2D eigenvalue weighted by atomic mass is 32.2. The number of methoxy groups -OCH3 is 1. The van der Waals surface area contributed by atoms with Crippen LogP contribution in [-0.4, -0.2) is 102 Å². The Hall–Kier alpha value is -5.25. The molecule has 8 rings (SSSR count). The molecule has 0 spiro atoms. The van der Waals surface area contributed by atoms with Gasteiger partial charge in [-0.25, -0.2) is 22.6 Å². The molecule has 3 saturated carbocycles. The molecule has 0 bridgehead atoms. The lowest BCUT2D eigenvalue weighted by Gasteiger charge is -2.37. The molecule has 16 heteroatoms. The molecule has 0 radical (unpaired) electrons. The van der Waals surface area contributed by atoms with Gasteiger partial charge in [0.1, 0.15) is 40.9 Å². The number of nitrogens with one attached hydrogen (secondary N) is 2. The number of benzene rings is 2. The summed E-state index contributed by atoms with van der Waals surface area (Å²) in [6.07, 6.45) is 6.82. The maximum absolute atomic E-state index is 15.2. The summed E-state index contributed by atoms with van der Waals surface area (Å²) in [5.74, 6) is -2.26. The molecule has 332 valence electrons. The van der Waals surface area contributed by atoms with E-state index < -0.39 is 79.6 Å². The summed E-state index contributed by atoms with van der Waals surface area (Å²) in [6.45, 7) is 7.38. The van der Waals surface area contributed by atoms with Crippen LogP contribution in [0.2, 0.25) is 0 Å². The van der Waals surface area contributed by atoms with E-state index in [2.05, 4.69) is 17.0 Å². The molecule has 4 fully saturated rings. The molecule has 4 amide bonds. The fourth-order valence-electron chi connectivity index (χ4n) is 8.95. The number of pyridine rings is 1. The van der Waals surface area contributed by atoms with Crippen molar-refractivity contribution >= 4 is 44.6 Å². The fourth-order valence-corrected chi connectivity index (χ4v) is 10.3. The van der Waals surface area contributed by atoms with Crippen LogP contribution >= 0.6 is 0 Å². The van der Waals surface area contributed by atoms with Crippen molar-refractivity contribution in [3.05, 3.63) is 66.5 Å². The van der Waals surface area contributed by atoms with E-state index in [0.29, 0.717) is 60.9 Å². The molecule has 7 atom stereocenters. The van der Waals surface area contributed by atoms with Crippen LogP contribution < -0.4 is 19.5 Å². The molecule has 5 aliphatic rings. The molecule has 0 unspecified atom stereocenters. The van der Waals surface area contributed by atoms with E-state index in [4.69, 9.17) is 19.2 Å². The van der Waals surface area contributed by atoms with Gasteiger partial charge in [-0.15, -0.1) is 0 Å². The Labute approximate surface area is 362 Å².